The lowest BCUT2D eigenvalue weighted by atomic mass is 10.1. The van der Waals surface area contributed by atoms with Gasteiger partial charge in [-0.25, -0.2) is 0 Å². The second kappa shape index (κ2) is 7.39. The molecule has 3 rings (SSSR count). The highest BCUT2D eigenvalue weighted by atomic mass is 16.5. The number of benzene rings is 2. The predicted molar refractivity (Wildman–Crippen MR) is 102 cm³/mol. The summed E-state index contributed by atoms with van der Waals surface area (Å²) in [5.74, 6) is 2.59. The molecular formula is C20H22N2O4. The molecule has 0 bridgehead atoms. The predicted octanol–water partition coefficient (Wildman–Crippen LogP) is 3.78. The third-order valence-electron chi connectivity index (χ3n) is 4.20. The first-order valence-electron chi connectivity index (χ1n) is 8.09. The van der Waals surface area contributed by atoms with Gasteiger partial charge in [-0.1, -0.05) is 12.2 Å². The quantitative estimate of drug-likeness (QED) is 0.631. The minimum Gasteiger partial charge on any atom is -0.494 e. The Morgan fingerprint density at radius 1 is 0.769 bits per heavy atom. The topological polar surface area (TPSA) is 54.7 Å². The Morgan fingerprint density at radius 3 is 1.85 bits per heavy atom. The third kappa shape index (κ3) is 3.18. The molecule has 136 valence electrons. The van der Waals surface area contributed by atoms with Gasteiger partial charge in [-0.15, -0.1) is 0 Å². The summed E-state index contributed by atoms with van der Waals surface area (Å²) >= 11 is 0. The lowest BCUT2D eigenvalue weighted by Crippen LogP contribution is -1.95. The fourth-order valence-electron chi connectivity index (χ4n) is 2.94. The molecule has 0 unspecified atom stereocenters. The first-order chi connectivity index (χ1) is 12.6. The molecule has 0 aliphatic carbocycles. The van der Waals surface area contributed by atoms with Crippen LogP contribution in [0.5, 0.6) is 23.0 Å². The molecule has 0 saturated carbocycles. The van der Waals surface area contributed by atoms with Gasteiger partial charge in [0.15, 0.2) is 11.5 Å². The number of fused-ring (bicyclic) bond motifs is 1. The van der Waals surface area contributed by atoms with Crippen LogP contribution in [0.3, 0.4) is 0 Å². The standard InChI is InChI=1S/C20H22N2O4/c1-22-19-15(12-21-22)8-13(9-16(19)23-2)6-7-14-10-17(24-3)20(26-5)18(11-14)25-4/h6-12H,1-5H3/b7-6+. The molecule has 0 aliphatic rings. The largest absolute Gasteiger partial charge is 0.494 e. The van der Waals surface area contributed by atoms with E-state index < -0.39 is 0 Å². The third-order valence-corrected chi connectivity index (χ3v) is 4.20. The first-order valence-corrected chi connectivity index (χ1v) is 8.09. The van der Waals surface area contributed by atoms with Gasteiger partial charge in [0.2, 0.25) is 5.75 Å². The molecule has 0 N–H and O–H groups in total. The number of aryl methyl sites for hydroxylation is 1. The lowest BCUT2D eigenvalue weighted by molar-refractivity contribution is 0.324. The summed E-state index contributed by atoms with van der Waals surface area (Å²) in [6, 6.07) is 7.85. The Hall–Kier alpha value is -3.15. The first kappa shape index (κ1) is 17.7. The van der Waals surface area contributed by atoms with Crippen LogP contribution < -0.4 is 18.9 Å². The van der Waals surface area contributed by atoms with Crippen molar-refractivity contribution in [2.45, 2.75) is 0 Å². The van der Waals surface area contributed by atoms with Crippen molar-refractivity contribution in [3.05, 3.63) is 41.6 Å². The van der Waals surface area contributed by atoms with E-state index in [4.69, 9.17) is 18.9 Å². The van der Waals surface area contributed by atoms with Gasteiger partial charge < -0.3 is 18.9 Å². The fourth-order valence-corrected chi connectivity index (χ4v) is 2.94. The highest BCUT2D eigenvalue weighted by Crippen LogP contribution is 2.38. The molecule has 1 heterocycles. The average molecular weight is 354 g/mol. The van der Waals surface area contributed by atoms with Crippen molar-refractivity contribution in [3.8, 4) is 23.0 Å². The van der Waals surface area contributed by atoms with E-state index in [-0.39, 0.29) is 0 Å². The highest BCUT2D eigenvalue weighted by molar-refractivity contribution is 5.88. The Kier molecular flexibility index (Phi) is 5.02. The van der Waals surface area contributed by atoms with E-state index in [2.05, 4.69) is 11.2 Å². The number of methoxy groups -OCH3 is 4. The SMILES string of the molecule is COc1cc(/C=C/c2cc(OC)c3c(cnn3C)c2)cc(OC)c1OC. The molecule has 0 saturated heterocycles. The molecule has 0 spiro atoms. The zero-order valence-corrected chi connectivity index (χ0v) is 15.6. The molecule has 1 aromatic heterocycles. The van der Waals surface area contributed by atoms with Crippen molar-refractivity contribution in [1.82, 2.24) is 9.78 Å². The van der Waals surface area contributed by atoms with Crippen molar-refractivity contribution in [2.24, 2.45) is 7.05 Å². The Bertz CT molecular complexity index is 935. The fraction of sp³-hybridized carbons (Fsp3) is 0.250. The Balaban J connectivity index is 2.01. The van der Waals surface area contributed by atoms with Crippen LogP contribution in [0.1, 0.15) is 11.1 Å². The van der Waals surface area contributed by atoms with Crippen LogP contribution in [0.15, 0.2) is 30.5 Å². The summed E-state index contributed by atoms with van der Waals surface area (Å²) in [6.07, 6.45) is 5.83. The lowest BCUT2D eigenvalue weighted by Gasteiger charge is -2.12. The summed E-state index contributed by atoms with van der Waals surface area (Å²) in [4.78, 5) is 0. The smallest absolute Gasteiger partial charge is 0.203 e. The minimum absolute atomic E-state index is 0.575. The molecule has 0 radical (unpaired) electrons. The monoisotopic (exact) mass is 354 g/mol. The summed E-state index contributed by atoms with van der Waals surface area (Å²) < 4.78 is 23.5. The van der Waals surface area contributed by atoms with E-state index in [0.717, 1.165) is 27.8 Å². The van der Waals surface area contributed by atoms with Gasteiger partial charge in [0.1, 0.15) is 11.3 Å². The van der Waals surface area contributed by atoms with Crippen molar-refractivity contribution in [2.75, 3.05) is 28.4 Å². The van der Waals surface area contributed by atoms with E-state index in [1.54, 1.807) is 33.1 Å². The number of aromatic nitrogens is 2. The van der Waals surface area contributed by atoms with E-state index >= 15 is 0 Å². The Labute approximate surface area is 152 Å². The van der Waals surface area contributed by atoms with E-state index in [0.29, 0.717) is 17.2 Å². The van der Waals surface area contributed by atoms with Crippen LogP contribution in [0, 0.1) is 0 Å². The minimum atomic E-state index is 0.575. The highest BCUT2D eigenvalue weighted by Gasteiger charge is 2.12. The van der Waals surface area contributed by atoms with E-state index in [1.807, 2.05) is 43.6 Å². The molecule has 0 amide bonds. The van der Waals surface area contributed by atoms with Gasteiger partial charge in [0.25, 0.3) is 0 Å². The Morgan fingerprint density at radius 2 is 1.31 bits per heavy atom. The maximum atomic E-state index is 5.51. The van der Waals surface area contributed by atoms with Gasteiger partial charge >= 0.3 is 0 Å². The molecule has 0 aliphatic heterocycles. The summed E-state index contributed by atoms with van der Waals surface area (Å²) in [6.45, 7) is 0. The maximum absolute atomic E-state index is 5.51. The molecule has 3 aromatic rings. The van der Waals surface area contributed by atoms with Crippen LogP contribution in [0.2, 0.25) is 0 Å². The molecule has 0 fully saturated rings. The van der Waals surface area contributed by atoms with Gasteiger partial charge in [0, 0.05) is 12.4 Å². The number of hydrogen-bond donors (Lipinski definition) is 0. The molecule has 0 atom stereocenters. The van der Waals surface area contributed by atoms with Crippen LogP contribution >= 0.6 is 0 Å². The second-order valence-electron chi connectivity index (χ2n) is 5.72. The van der Waals surface area contributed by atoms with Gasteiger partial charge in [0.05, 0.1) is 34.6 Å². The van der Waals surface area contributed by atoms with Crippen molar-refractivity contribution >= 4 is 23.1 Å². The number of rotatable bonds is 6. The van der Waals surface area contributed by atoms with E-state index in [9.17, 15) is 0 Å². The number of nitrogens with zero attached hydrogens (tertiary/aromatic N) is 2. The summed E-state index contributed by atoms with van der Waals surface area (Å²) in [7, 11) is 8.36. The van der Waals surface area contributed by atoms with Crippen molar-refractivity contribution in [3.63, 3.8) is 0 Å². The van der Waals surface area contributed by atoms with Crippen molar-refractivity contribution < 1.29 is 18.9 Å². The second-order valence-corrected chi connectivity index (χ2v) is 5.72. The van der Waals surface area contributed by atoms with Crippen LogP contribution in [-0.2, 0) is 7.05 Å². The zero-order valence-electron chi connectivity index (χ0n) is 15.6. The normalized spacial score (nSPS) is 11.1. The number of ether oxygens (including phenoxy) is 4. The molecular weight excluding hydrogens is 332 g/mol. The number of hydrogen-bond acceptors (Lipinski definition) is 5. The van der Waals surface area contributed by atoms with Gasteiger partial charge in [-0.3, -0.25) is 4.68 Å². The molecule has 2 aromatic carbocycles. The molecule has 26 heavy (non-hydrogen) atoms. The van der Waals surface area contributed by atoms with Gasteiger partial charge in [-0.2, -0.15) is 5.10 Å². The van der Waals surface area contributed by atoms with E-state index in [1.165, 1.54) is 0 Å². The van der Waals surface area contributed by atoms with Crippen LogP contribution in [0.25, 0.3) is 23.1 Å². The zero-order chi connectivity index (χ0) is 18.7. The summed E-state index contributed by atoms with van der Waals surface area (Å²) in [5.41, 5.74) is 2.92. The maximum Gasteiger partial charge on any atom is 0.203 e. The molecule has 6 heteroatoms. The van der Waals surface area contributed by atoms with Crippen molar-refractivity contribution in [1.29, 1.82) is 0 Å². The average Bonchev–Trinajstić information content (AvgIpc) is 3.05. The molecule has 6 nitrogen and oxygen atoms in total. The van der Waals surface area contributed by atoms with Crippen LogP contribution in [0.4, 0.5) is 0 Å². The van der Waals surface area contributed by atoms with Crippen LogP contribution in [-0.4, -0.2) is 38.2 Å². The summed E-state index contributed by atoms with van der Waals surface area (Å²) in [5, 5.41) is 5.32. The van der Waals surface area contributed by atoms with Gasteiger partial charge in [-0.05, 0) is 35.4 Å².